The van der Waals surface area contributed by atoms with Crippen LogP contribution >= 0.6 is 0 Å². The zero-order valence-electron chi connectivity index (χ0n) is 12.3. The Labute approximate surface area is 124 Å². The van der Waals surface area contributed by atoms with Gasteiger partial charge >= 0.3 is 6.09 Å². The maximum Gasteiger partial charge on any atom is 0.409 e. The van der Waals surface area contributed by atoms with E-state index in [1.165, 1.54) is 17.7 Å². The number of nitrogens with zero attached hydrogens (tertiary/aromatic N) is 2. The summed E-state index contributed by atoms with van der Waals surface area (Å²) in [6.45, 7) is 5.98. The second kappa shape index (κ2) is 6.02. The minimum Gasteiger partial charge on any atom is -0.448 e. The van der Waals surface area contributed by atoms with Crippen LogP contribution in [0.2, 0.25) is 0 Å². The normalized spacial score (nSPS) is 26.4. The van der Waals surface area contributed by atoms with Crippen LogP contribution < -0.4 is 0 Å². The van der Waals surface area contributed by atoms with E-state index in [9.17, 15) is 9.18 Å². The Morgan fingerprint density at radius 1 is 1.29 bits per heavy atom. The van der Waals surface area contributed by atoms with Gasteiger partial charge in [-0.2, -0.15) is 0 Å². The molecule has 1 aromatic carbocycles. The first-order valence-corrected chi connectivity index (χ1v) is 7.54. The van der Waals surface area contributed by atoms with E-state index in [1.54, 1.807) is 4.90 Å². The highest BCUT2D eigenvalue weighted by Crippen LogP contribution is 2.31. The summed E-state index contributed by atoms with van der Waals surface area (Å²) in [5, 5.41) is 0. The summed E-state index contributed by atoms with van der Waals surface area (Å²) in [5.41, 5.74) is 1.20. The summed E-state index contributed by atoms with van der Waals surface area (Å²) in [6.07, 6.45) is 0.882. The lowest BCUT2D eigenvalue weighted by Crippen LogP contribution is -2.37. The van der Waals surface area contributed by atoms with E-state index in [0.717, 1.165) is 26.1 Å². The molecule has 3 rings (SSSR count). The van der Waals surface area contributed by atoms with Gasteiger partial charge in [0.05, 0.1) is 6.54 Å². The van der Waals surface area contributed by atoms with Crippen molar-refractivity contribution < 1.29 is 13.9 Å². The maximum absolute atomic E-state index is 13.0. The van der Waals surface area contributed by atoms with Crippen LogP contribution in [0.4, 0.5) is 9.18 Å². The molecule has 114 valence electrons. The van der Waals surface area contributed by atoms with Gasteiger partial charge in [0, 0.05) is 25.7 Å². The molecule has 0 N–H and O–H groups in total. The van der Waals surface area contributed by atoms with Crippen LogP contribution in [0.25, 0.3) is 0 Å². The number of cyclic esters (lactones) is 1. The molecule has 4 nitrogen and oxygen atoms in total. The highest BCUT2D eigenvalue weighted by molar-refractivity contribution is 5.69. The first-order valence-electron chi connectivity index (χ1n) is 7.54. The Bertz CT molecular complexity index is 506. The largest absolute Gasteiger partial charge is 0.448 e. The van der Waals surface area contributed by atoms with Gasteiger partial charge in [0.1, 0.15) is 12.4 Å². The molecule has 0 spiro atoms. The molecule has 21 heavy (non-hydrogen) atoms. The smallest absolute Gasteiger partial charge is 0.409 e. The Morgan fingerprint density at radius 3 is 2.71 bits per heavy atom. The standard InChI is InChI=1S/C16H21FN2O2/c1-12-10-14(13-2-4-15(17)5-3-13)11-19(12)7-6-18-8-9-21-16(18)20/h2-5,12,14H,6-11H2,1H3/t12-,14-/m1/s1. The first kappa shape index (κ1) is 14.3. The van der Waals surface area contributed by atoms with Crippen LogP contribution in [0.5, 0.6) is 0 Å². The first-order chi connectivity index (χ1) is 10.1. The Hall–Kier alpha value is -1.62. The molecule has 0 unspecified atom stereocenters. The SMILES string of the molecule is C[C@@H]1C[C@@H](c2ccc(F)cc2)CN1CCN1CCOC1=O. The molecule has 2 fully saturated rings. The molecule has 1 aromatic rings. The predicted octanol–water partition coefficient (Wildman–Crippen LogP) is 2.46. The summed E-state index contributed by atoms with van der Waals surface area (Å²) >= 11 is 0. The maximum atomic E-state index is 13.0. The number of rotatable bonds is 4. The van der Waals surface area contributed by atoms with E-state index in [4.69, 9.17) is 4.74 Å². The third-order valence-corrected chi connectivity index (χ3v) is 4.55. The molecule has 2 atom stereocenters. The van der Waals surface area contributed by atoms with Crippen molar-refractivity contribution in [3.05, 3.63) is 35.6 Å². The fraction of sp³-hybridized carbons (Fsp3) is 0.562. The van der Waals surface area contributed by atoms with Gasteiger partial charge in [0.25, 0.3) is 0 Å². The second-order valence-corrected chi connectivity index (χ2v) is 5.93. The minimum atomic E-state index is -0.197. The zero-order chi connectivity index (χ0) is 14.8. The van der Waals surface area contributed by atoms with E-state index in [1.807, 2.05) is 12.1 Å². The lowest BCUT2D eigenvalue weighted by Gasteiger charge is -2.23. The fourth-order valence-corrected chi connectivity index (χ4v) is 3.26. The third kappa shape index (κ3) is 3.18. The number of benzene rings is 1. The van der Waals surface area contributed by atoms with Gasteiger partial charge in [-0.1, -0.05) is 12.1 Å². The van der Waals surface area contributed by atoms with Crippen LogP contribution in [0.3, 0.4) is 0 Å². The highest BCUT2D eigenvalue weighted by atomic mass is 19.1. The average molecular weight is 292 g/mol. The predicted molar refractivity (Wildman–Crippen MR) is 77.7 cm³/mol. The van der Waals surface area contributed by atoms with Crippen molar-refractivity contribution >= 4 is 6.09 Å². The zero-order valence-corrected chi connectivity index (χ0v) is 12.3. The number of likely N-dealkylation sites (tertiary alicyclic amines) is 1. The van der Waals surface area contributed by atoms with Crippen molar-refractivity contribution in [2.75, 3.05) is 32.8 Å². The molecule has 0 aromatic heterocycles. The van der Waals surface area contributed by atoms with Crippen LogP contribution in [0.15, 0.2) is 24.3 Å². The summed E-state index contributed by atoms with van der Waals surface area (Å²) in [5.74, 6) is 0.264. The number of carbonyl (C=O) groups excluding carboxylic acids is 1. The van der Waals surface area contributed by atoms with E-state index in [0.29, 0.717) is 25.1 Å². The van der Waals surface area contributed by atoms with Gasteiger partial charge in [0.15, 0.2) is 0 Å². The van der Waals surface area contributed by atoms with Crippen LogP contribution in [-0.4, -0.2) is 54.7 Å². The Balaban J connectivity index is 1.55. The Morgan fingerprint density at radius 2 is 2.05 bits per heavy atom. The number of ether oxygens (including phenoxy) is 1. The van der Waals surface area contributed by atoms with E-state index in [-0.39, 0.29) is 11.9 Å². The summed E-state index contributed by atoms with van der Waals surface area (Å²) < 4.78 is 17.9. The number of halogens is 1. The van der Waals surface area contributed by atoms with Gasteiger partial charge in [-0.3, -0.25) is 4.90 Å². The van der Waals surface area contributed by atoms with Crippen molar-refractivity contribution in [1.29, 1.82) is 0 Å². The molecule has 5 heteroatoms. The lowest BCUT2D eigenvalue weighted by atomic mass is 9.97. The van der Waals surface area contributed by atoms with Gasteiger partial charge in [0.2, 0.25) is 0 Å². The number of carbonyl (C=O) groups is 1. The number of hydrogen-bond acceptors (Lipinski definition) is 3. The summed E-state index contributed by atoms with van der Waals surface area (Å²) in [4.78, 5) is 15.6. The molecule has 0 aliphatic carbocycles. The monoisotopic (exact) mass is 292 g/mol. The molecule has 0 radical (unpaired) electrons. The molecular weight excluding hydrogens is 271 g/mol. The van der Waals surface area contributed by atoms with E-state index >= 15 is 0 Å². The second-order valence-electron chi connectivity index (χ2n) is 5.93. The van der Waals surface area contributed by atoms with Crippen molar-refractivity contribution in [1.82, 2.24) is 9.80 Å². The summed E-state index contributed by atoms with van der Waals surface area (Å²) in [6, 6.07) is 7.31. The molecule has 2 heterocycles. The minimum absolute atomic E-state index is 0.186. The van der Waals surface area contributed by atoms with Crippen molar-refractivity contribution in [3.63, 3.8) is 0 Å². The van der Waals surface area contributed by atoms with Crippen molar-refractivity contribution in [2.24, 2.45) is 0 Å². The molecule has 2 aliphatic rings. The van der Waals surface area contributed by atoms with E-state index < -0.39 is 0 Å². The molecule has 1 amide bonds. The molecular formula is C16H21FN2O2. The Kier molecular flexibility index (Phi) is 4.10. The number of hydrogen-bond donors (Lipinski definition) is 0. The van der Waals surface area contributed by atoms with Crippen LogP contribution in [0.1, 0.15) is 24.8 Å². The lowest BCUT2D eigenvalue weighted by molar-refractivity contribution is 0.152. The fourth-order valence-electron chi connectivity index (χ4n) is 3.26. The topological polar surface area (TPSA) is 32.8 Å². The van der Waals surface area contributed by atoms with Crippen molar-refractivity contribution in [2.45, 2.75) is 25.3 Å². The number of amides is 1. The highest BCUT2D eigenvalue weighted by Gasteiger charge is 2.31. The van der Waals surface area contributed by atoms with E-state index in [2.05, 4.69) is 11.8 Å². The van der Waals surface area contributed by atoms with Gasteiger partial charge in [-0.15, -0.1) is 0 Å². The third-order valence-electron chi connectivity index (χ3n) is 4.55. The average Bonchev–Trinajstić information content (AvgIpc) is 3.04. The molecule has 0 bridgehead atoms. The van der Waals surface area contributed by atoms with Gasteiger partial charge in [-0.25, -0.2) is 9.18 Å². The van der Waals surface area contributed by atoms with Gasteiger partial charge < -0.3 is 9.64 Å². The molecule has 0 saturated carbocycles. The molecule has 2 aliphatic heterocycles. The van der Waals surface area contributed by atoms with Gasteiger partial charge in [-0.05, 0) is 37.0 Å². The molecule has 2 saturated heterocycles. The van der Waals surface area contributed by atoms with Crippen LogP contribution in [-0.2, 0) is 4.74 Å². The van der Waals surface area contributed by atoms with Crippen LogP contribution in [0, 0.1) is 5.82 Å². The quantitative estimate of drug-likeness (QED) is 0.854. The summed E-state index contributed by atoms with van der Waals surface area (Å²) in [7, 11) is 0. The van der Waals surface area contributed by atoms with Crippen molar-refractivity contribution in [3.8, 4) is 0 Å².